The molecule has 0 aliphatic heterocycles. The van der Waals surface area contributed by atoms with Crippen LogP contribution >= 0.6 is 0 Å². The van der Waals surface area contributed by atoms with E-state index in [0.717, 1.165) is 44.9 Å². The summed E-state index contributed by atoms with van der Waals surface area (Å²) in [6.45, 7) is 4.95. The molecule has 0 saturated heterocycles. The largest absolute Gasteiger partial charge is 0.466 e. The van der Waals surface area contributed by atoms with E-state index < -0.39 is 12.1 Å². The van der Waals surface area contributed by atoms with E-state index in [1.807, 2.05) is 0 Å². The average Bonchev–Trinajstić information content (AvgIpc) is 3.34. The Kier molecular flexibility index (Phi) is 56.5. The lowest BCUT2D eigenvalue weighted by Crippen LogP contribution is -2.45. The summed E-state index contributed by atoms with van der Waals surface area (Å²) in [5, 5.41) is 23.3. The molecular weight excluding hydrogens is 839 g/mol. The van der Waals surface area contributed by atoms with Crippen molar-refractivity contribution in [1.82, 2.24) is 5.32 Å². The van der Waals surface area contributed by atoms with Gasteiger partial charge in [0.05, 0.1) is 25.4 Å². The molecule has 0 fully saturated rings. The second-order valence-corrected chi connectivity index (χ2v) is 21.0. The van der Waals surface area contributed by atoms with Gasteiger partial charge >= 0.3 is 5.97 Å². The fourth-order valence-corrected chi connectivity index (χ4v) is 9.51. The Balaban J connectivity index is 3.42. The number of carbonyl (C=O) groups excluding carboxylic acids is 2. The monoisotopic (exact) mass is 958 g/mol. The Morgan fingerprint density at radius 2 is 0.691 bits per heavy atom. The quantitative estimate of drug-likeness (QED) is 0.0321. The molecular formula is C62H119NO5. The van der Waals surface area contributed by atoms with Crippen molar-refractivity contribution >= 4 is 11.9 Å². The molecule has 0 saturated carbocycles. The van der Waals surface area contributed by atoms with Crippen LogP contribution in [-0.4, -0.2) is 47.4 Å². The maximum Gasteiger partial charge on any atom is 0.305 e. The molecule has 0 spiro atoms. The smallest absolute Gasteiger partial charge is 0.305 e. The van der Waals surface area contributed by atoms with E-state index in [0.29, 0.717) is 25.9 Å². The lowest BCUT2D eigenvalue weighted by molar-refractivity contribution is -0.143. The number of hydrogen-bond acceptors (Lipinski definition) is 5. The third kappa shape index (κ3) is 53.7. The molecule has 0 aliphatic carbocycles. The van der Waals surface area contributed by atoms with E-state index in [4.69, 9.17) is 4.74 Å². The summed E-state index contributed by atoms with van der Waals surface area (Å²) < 4.78 is 5.49. The minimum atomic E-state index is -0.670. The van der Waals surface area contributed by atoms with Crippen molar-refractivity contribution < 1.29 is 24.5 Å². The van der Waals surface area contributed by atoms with Crippen LogP contribution in [0.4, 0.5) is 0 Å². The molecule has 1 amide bonds. The first-order chi connectivity index (χ1) is 33.5. The SMILES string of the molecule is CCCCCCCCC/C=C\CCCCCCCCCC(=O)OCCCCCCCCCC/C=C\CCCCCCCCCC(=O)NC(CO)C(O)CCCCCCCCCCCCCCCC. The predicted molar refractivity (Wildman–Crippen MR) is 296 cm³/mol. The summed E-state index contributed by atoms with van der Waals surface area (Å²) in [6.07, 6.45) is 70.3. The highest BCUT2D eigenvalue weighted by molar-refractivity contribution is 5.76. The molecule has 0 radical (unpaired) electrons. The van der Waals surface area contributed by atoms with Crippen LogP contribution in [-0.2, 0) is 14.3 Å². The maximum atomic E-state index is 12.5. The number of aliphatic hydroxyl groups is 2. The van der Waals surface area contributed by atoms with Crippen LogP contribution in [0.25, 0.3) is 0 Å². The van der Waals surface area contributed by atoms with E-state index in [1.54, 1.807) is 0 Å². The van der Waals surface area contributed by atoms with E-state index in [9.17, 15) is 19.8 Å². The Morgan fingerprint density at radius 3 is 1.04 bits per heavy atom. The van der Waals surface area contributed by atoms with E-state index in [-0.39, 0.29) is 18.5 Å². The number of carbonyl (C=O) groups is 2. The molecule has 2 unspecified atom stereocenters. The summed E-state index contributed by atoms with van der Waals surface area (Å²) in [7, 11) is 0. The minimum Gasteiger partial charge on any atom is -0.466 e. The number of rotatable bonds is 57. The van der Waals surface area contributed by atoms with E-state index >= 15 is 0 Å². The van der Waals surface area contributed by atoms with Crippen LogP contribution in [0.2, 0.25) is 0 Å². The molecule has 402 valence electrons. The van der Waals surface area contributed by atoms with Crippen molar-refractivity contribution in [3.63, 3.8) is 0 Å². The topological polar surface area (TPSA) is 95.9 Å². The van der Waals surface area contributed by atoms with Crippen molar-refractivity contribution in [2.45, 2.75) is 347 Å². The average molecular weight is 959 g/mol. The van der Waals surface area contributed by atoms with Gasteiger partial charge in [-0.3, -0.25) is 9.59 Å². The highest BCUT2D eigenvalue weighted by atomic mass is 16.5. The first-order valence-corrected chi connectivity index (χ1v) is 30.6. The van der Waals surface area contributed by atoms with Crippen LogP contribution in [0.15, 0.2) is 24.3 Å². The van der Waals surface area contributed by atoms with Gasteiger partial charge in [-0.1, -0.05) is 269 Å². The summed E-state index contributed by atoms with van der Waals surface area (Å²) in [4.78, 5) is 24.6. The number of ether oxygens (including phenoxy) is 1. The number of allylic oxidation sites excluding steroid dienone is 4. The zero-order valence-corrected chi connectivity index (χ0v) is 45.9. The summed E-state index contributed by atoms with van der Waals surface area (Å²) >= 11 is 0. The van der Waals surface area contributed by atoms with Crippen molar-refractivity contribution in [3.05, 3.63) is 24.3 Å². The zero-order valence-electron chi connectivity index (χ0n) is 45.9. The van der Waals surface area contributed by atoms with E-state index in [1.165, 1.54) is 257 Å². The third-order valence-corrected chi connectivity index (χ3v) is 14.2. The second-order valence-electron chi connectivity index (χ2n) is 21.0. The standard InChI is InChI=1S/C62H119NO5/c1-3-5-7-9-11-13-15-17-19-20-25-28-32-36-40-44-48-52-56-62(67)68-57-53-49-45-41-37-33-29-26-23-21-22-24-27-31-35-39-43-47-51-55-61(66)63-59(58-64)60(65)54-50-46-42-38-34-30-18-16-14-12-10-8-6-4-2/h19-22,59-60,64-65H,3-18,23-58H2,1-2H3,(H,63,66)/b20-19-,22-21-. The minimum absolute atomic E-state index is 0.00144. The lowest BCUT2D eigenvalue weighted by atomic mass is 10.0. The molecule has 0 aromatic rings. The fourth-order valence-electron chi connectivity index (χ4n) is 9.51. The summed E-state index contributed by atoms with van der Waals surface area (Å²) in [6, 6.07) is -0.548. The molecule has 6 heteroatoms. The molecule has 68 heavy (non-hydrogen) atoms. The number of nitrogens with one attached hydrogen (secondary N) is 1. The van der Waals surface area contributed by atoms with Gasteiger partial charge in [0.15, 0.2) is 0 Å². The van der Waals surface area contributed by atoms with Gasteiger partial charge in [-0.05, 0) is 77.0 Å². The van der Waals surface area contributed by atoms with Crippen molar-refractivity contribution in [3.8, 4) is 0 Å². The molecule has 0 aliphatic rings. The van der Waals surface area contributed by atoms with Gasteiger partial charge in [-0.15, -0.1) is 0 Å². The van der Waals surface area contributed by atoms with Crippen molar-refractivity contribution in [2.75, 3.05) is 13.2 Å². The van der Waals surface area contributed by atoms with Gasteiger partial charge in [-0.25, -0.2) is 0 Å². The highest BCUT2D eigenvalue weighted by Gasteiger charge is 2.20. The first kappa shape index (κ1) is 66.3. The molecule has 0 aromatic heterocycles. The van der Waals surface area contributed by atoms with Gasteiger partial charge in [-0.2, -0.15) is 0 Å². The van der Waals surface area contributed by atoms with Gasteiger partial charge in [0.2, 0.25) is 5.91 Å². The predicted octanol–water partition coefficient (Wildman–Crippen LogP) is 19.0. The number of amides is 1. The molecule has 0 bridgehead atoms. The van der Waals surface area contributed by atoms with Crippen LogP contribution in [0.1, 0.15) is 335 Å². The van der Waals surface area contributed by atoms with Crippen LogP contribution < -0.4 is 5.32 Å². The van der Waals surface area contributed by atoms with Crippen molar-refractivity contribution in [2.24, 2.45) is 0 Å². The lowest BCUT2D eigenvalue weighted by Gasteiger charge is -2.22. The second kappa shape index (κ2) is 57.9. The first-order valence-electron chi connectivity index (χ1n) is 30.6. The zero-order chi connectivity index (χ0) is 49.3. The van der Waals surface area contributed by atoms with Crippen LogP contribution in [0, 0.1) is 0 Å². The Bertz CT molecular complexity index is 1060. The molecule has 2 atom stereocenters. The number of unbranched alkanes of at least 4 members (excludes halogenated alkanes) is 42. The highest BCUT2D eigenvalue weighted by Crippen LogP contribution is 2.17. The molecule has 3 N–H and O–H groups in total. The van der Waals surface area contributed by atoms with Gasteiger partial charge in [0, 0.05) is 12.8 Å². The summed E-state index contributed by atoms with van der Waals surface area (Å²) in [5.41, 5.74) is 0. The van der Waals surface area contributed by atoms with Gasteiger partial charge in [0.1, 0.15) is 0 Å². The molecule has 0 rings (SSSR count). The van der Waals surface area contributed by atoms with E-state index in [2.05, 4.69) is 43.5 Å². The Morgan fingerprint density at radius 1 is 0.397 bits per heavy atom. The number of hydrogen-bond donors (Lipinski definition) is 3. The molecule has 0 aromatic carbocycles. The number of esters is 1. The maximum absolute atomic E-state index is 12.5. The fraction of sp³-hybridized carbons (Fsp3) is 0.903. The Labute approximate surface area is 424 Å². The molecule has 0 heterocycles. The molecule has 6 nitrogen and oxygen atoms in total. The summed E-state index contributed by atoms with van der Waals surface area (Å²) in [5.74, 6) is -0.0420. The number of aliphatic hydroxyl groups excluding tert-OH is 2. The van der Waals surface area contributed by atoms with Crippen LogP contribution in [0.3, 0.4) is 0 Å². The van der Waals surface area contributed by atoms with Gasteiger partial charge in [0.25, 0.3) is 0 Å². The third-order valence-electron chi connectivity index (χ3n) is 14.2. The Hall–Kier alpha value is -1.66. The van der Waals surface area contributed by atoms with Crippen LogP contribution in [0.5, 0.6) is 0 Å². The van der Waals surface area contributed by atoms with Gasteiger partial charge < -0.3 is 20.3 Å². The van der Waals surface area contributed by atoms with Crippen molar-refractivity contribution in [1.29, 1.82) is 0 Å². The normalized spacial score (nSPS) is 12.7.